The first-order valence-electron chi connectivity index (χ1n) is 8.56. The van der Waals surface area contributed by atoms with E-state index >= 15 is 0 Å². The molecular formula is C17H29NO3. The molecule has 4 nitrogen and oxygen atoms in total. The zero-order valence-electron chi connectivity index (χ0n) is 13.2. The number of hydrogen-bond donors (Lipinski definition) is 2. The van der Waals surface area contributed by atoms with Crippen LogP contribution in [-0.2, 0) is 9.59 Å². The van der Waals surface area contributed by atoms with Crippen molar-refractivity contribution in [2.45, 2.75) is 71.1 Å². The number of rotatable bonds is 6. The molecule has 21 heavy (non-hydrogen) atoms. The first kappa shape index (κ1) is 16.3. The Morgan fingerprint density at radius 2 is 1.67 bits per heavy atom. The third-order valence-corrected chi connectivity index (χ3v) is 5.64. The van der Waals surface area contributed by atoms with Gasteiger partial charge in [-0.15, -0.1) is 0 Å². The van der Waals surface area contributed by atoms with Gasteiger partial charge in [-0.3, -0.25) is 9.59 Å². The van der Waals surface area contributed by atoms with Crippen molar-refractivity contribution < 1.29 is 14.7 Å². The van der Waals surface area contributed by atoms with E-state index in [1.54, 1.807) is 0 Å². The molecule has 2 fully saturated rings. The van der Waals surface area contributed by atoms with E-state index in [1.807, 2.05) is 0 Å². The average Bonchev–Trinajstić information content (AvgIpc) is 2.95. The van der Waals surface area contributed by atoms with Gasteiger partial charge in [0.2, 0.25) is 5.91 Å². The summed E-state index contributed by atoms with van der Waals surface area (Å²) < 4.78 is 0. The van der Waals surface area contributed by atoms with Crippen molar-refractivity contribution >= 4 is 11.9 Å². The molecule has 2 aliphatic carbocycles. The summed E-state index contributed by atoms with van der Waals surface area (Å²) >= 11 is 0. The van der Waals surface area contributed by atoms with Crippen LogP contribution in [0.4, 0.5) is 0 Å². The minimum Gasteiger partial charge on any atom is -0.481 e. The quantitative estimate of drug-likeness (QED) is 0.789. The maximum atomic E-state index is 12.1. The third kappa shape index (κ3) is 4.21. The zero-order chi connectivity index (χ0) is 15.3. The van der Waals surface area contributed by atoms with Gasteiger partial charge in [0.1, 0.15) is 0 Å². The predicted molar refractivity (Wildman–Crippen MR) is 81.9 cm³/mol. The maximum absolute atomic E-state index is 12.1. The number of nitrogens with one attached hydrogen (secondary N) is 1. The van der Waals surface area contributed by atoms with Crippen LogP contribution >= 0.6 is 0 Å². The smallest absolute Gasteiger partial charge is 0.310 e. The highest BCUT2D eigenvalue weighted by Gasteiger charge is 2.42. The van der Waals surface area contributed by atoms with Gasteiger partial charge < -0.3 is 10.4 Å². The van der Waals surface area contributed by atoms with E-state index in [-0.39, 0.29) is 12.3 Å². The molecule has 4 heteroatoms. The summed E-state index contributed by atoms with van der Waals surface area (Å²) in [4.78, 5) is 23.6. The van der Waals surface area contributed by atoms with Gasteiger partial charge in [-0.25, -0.2) is 0 Å². The monoisotopic (exact) mass is 295 g/mol. The molecule has 0 aromatic carbocycles. The Morgan fingerprint density at radius 3 is 2.19 bits per heavy atom. The lowest BCUT2D eigenvalue weighted by Gasteiger charge is -2.28. The molecule has 1 amide bonds. The number of carboxylic acids is 1. The molecule has 0 aromatic heterocycles. The average molecular weight is 295 g/mol. The number of hydrogen-bond acceptors (Lipinski definition) is 2. The summed E-state index contributed by atoms with van der Waals surface area (Å²) in [7, 11) is 0. The molecule has 2 rings (SSSR count). The van der Waals surface area contributed by atoms with E-state index in [2.05, 4.69) is 12.2 Å². The Hall–Kier alpha value is -1.06. The van der Waals surface area contributed by atoms with Crippen LogP contribution in [0.2, 0.25) is 0 Å². The highest BCUT2D eigenvalue weighted by molar-refractivity contribution is 5.85. The molecule has 120 valence electrons. The largest absolute Gasteiger partial charge is 0.481 e. The summed E-state index contributed by atoms with van der Waals surface area (Å²) in [6, 6.07) is 0. The number of carbonyl (C=O) groups is 2. The molecule has 2 saturated carbocycles. The zero-order valence-corrected chi connectivity index (χ0v) is 13.2. The Balaban J connectivity index is 1.73. The molecule has 0 atom stereocenters. The van der Waals surface area contributed by atoms with Gasteiger partial charge in [0.25, 0.3) is 0 Å². The molecule has 0 radical (unpaired) electrons. The van der Waals surface area contributed by atoms with Crippen molar-refractivity contribution in [3.05, 3.63) is 0 Å². The highest BCUT2D eigenvalue weighted by Crippen LogP contribution is 2.41. The fraction of sp³-hybridized carbons (Fsp3) is 0.882. The second-order valence-electron chi connectivity index (χ2n) is 7.07. The summed E-state index contributed by atoms with van der Waals surface area (Å²) in [5.41, 5.74) is -0.788. The van der Waals surface area contributed by atoms with E-state index in [4.69, 9.17) is 0 Å². The van der Waals surface area contributed by atoms with Crippen LogP contribution in [0, 0.1) is 17.3 Å². The van der Waals surface area contributed by atoms with Gasteiger partial charge in [-0.1, -0.05) is 39.0 Å². The van der Waals surface area contributed by atoms with Crippen molar-refractivity contribution in [3.8, 4) is 0 Å². The van der Waals surface area contributed by atoms with Crippen LogP contribution in [-0.4, -0.2) is 23.5 Å². The molecule has 0 unspecified atom stereocenters. The number of amides is 1. The van der Waals surface area contributed by atoms with E-state index in [0.29, 0.717) is 18.8 Å². The minimum atomic E-state index is -0.793. The number of aliphatic carboxylic acids is 1. The van der Waals surface area contributed by atoms with Gasteiger partial charge in [0, 0.05) is 13.0 Å². The van der Waals surface area contributed by atoms with Crippen molar-refractivity contribution in [2.24, 2.45) is 17.3 Å². The van der Waals surface area contributed by atoms with Crippen LogP contribution in [0.15, 0.2) is 0 Å². The number of carbonyl (C=O) groups excluding carboxylic acids is 1. The van der Waals surface area contributed by atoms with Crippen molar-refractivity contribution in [3.63, 3.8) is 0 Å². The molecule has 2 N–H and O–H groups in total. The van der Waals surface area contributed by atoms with Gasteiger partial charge in [-0.05, 0) is 37.5 Å². The van der Waals surface area contributed by atoms with Crippen LogP contribution in [0.1, 0.15) is 71.1 Å². The van der Waals surface area contributed by atoms with Crippen molar-refractivity contribution in [1.82, 2.24) is 5.32 Å². The van der Waals surface area contributed by atoms with Gasteiger partial charge >= 0.3 is 5.97 Å². The van der Waals surface area contributed by atoms with E-state index in [9.17, 15) is 14.7 Å². The molecule has 0 aliphatic heterocycles. The first-order valence-corrected chi connectivity index (χ1v) is 8.56. The van der Waals surface area contributed by atoms with Crippen LogP contribution < -0.4 is 5.32 Å². The summed E-state index contributed by atoms with van der Waals surface area (Å²) in [6.45, 7) is 2.98. The Kier molecular flexibility index (Phi) is 5.65. The summed E-state index contributed by atoms with van der Waals surface area (Å²) in [6.07, 6.45) is 9.53. The molecule has 2 aliphatic rings. The standard InChI is InChI=1S/C17H29NO3/c1-2-13-5-7-14(8-6-13)12-18-15(19)11-17(16(20)21)9-3-4-10-17/h13-14H,2-12H2,1H3,(H,18,19)(H,20,21). The molecule has 0 aromatic rings. The normalized spacial score (nSPS) is 28.2. The minimum absolute atomic E-state index is 0.0723. The Labute approximate surface area is 127 Å². The van der Waals surface area contributed by atoms with E-state index in [0.717, 1.165) is 25.3 Å². The van der Waals surface area contributed by atoms with E-state index < -0.39 is 11.4 Å². The van der Waals surface area contributed by atoms with Crippen LogP contribution in [0.3, 0.4) is 0 Å². The second kappa shape index (κ2) is 7.28. The molecule has 0 spiro atoms. The fourth-order valence-corrected chi connectivity index (χ4v) is 3.99. The summed E-state index contributed by atoms with van der Waals surface area (Å²) in [5.74, 6) is 0.586. The van der Waals surface area contributed by atoms with Crippen molar-refractivity contribution in [2.75, 3.05) is 6.54 Å². The maximum Gasteiger partial charge on any atom is 0.310 e. The molecule has 0 bridgehead atoms. The van der Waals surface area contributed by atoms with Gasteiger partial charge in [-0.2, -0.15) is 0 Å². The Bertz CT molecular complexity index is 366. The summed E-state index contributed by atoms with van der Waals surface area (Å²) in [5, 5.41) is 12.4. The van der Waals surface area contributed by atoms with Crippen LogP contribution in [0.5, 0.6) is 0 Å². The van der Waals surface area contributed by atoms with E-state index in [1.165, 1.54) is 32.1 Å². The van der Waals surface area contributed by atoms with Gasteiger partial charge in [0.15, 0.2) is 0 Å². The lowest BCUT2D eigenvalue weighted by atomic mass is 9.80. The Morgan fingerprint density at radius 1 is 1.10 bits per heavy atom. The lowest BCUT2D eigenvalue weighted by Crippen LogP contribution is -2.38. The number of carboxylic acid groups (broad SMARTS) is 1. The highest BCUT2D eigenvalue weighted by atomic mass is 16.4. The predicted octanol–water partition coefficient (Wildman–Crippen LogP) is 3.35. The fourth-order valence-electron chi connectivity index (χ4n) is 3.99. The SMILES string of the molecule is CCC1CCC(CNC(=O)CC2(C(=O)O)CCCC2)CC1. The van der Waals surface area contributed by atoms with Crippen molar-refractivity contribution in [1.29, 1.82) is 0 Å². The second-order valence-corrected chi connectivity index (χ2v) is 7.07. The van der Waals surface area contributed by atoms with Crippen LogP contribution in [0.25, 0.3) is 0 Å². The first-order chi connectivity index (χ1) is 10.1. The molecule has 0 saturated heterocycles. The molecular weight excluding hydrogens is 266 g/mol. The topological polar surface area (TPSA) is 66.4 Å². The lowest BCUT2D eigenvalue weighted by molar-refractivity contribution is -0.151. The third-order valence-electron chi connectivity index (χ3n) is 5.64. The molecule has 0 heterocycles. The van der Waals surface area contributed by atoms with Gasteiger partial charge in [0.05, 0.1) is 5.41 Å².